The van der Waals surface area contributed by atoms with E-state index in [1.807, 2.05) is 0 Å². The number of allylic oxidation sites excluding steroid dienone is 4. The van der Waals surface area contributed by atoms with Crippen LogP contribution in [0.4, 0.5) is 0 Å². The molecule has 0 N–H and O–H groups in total. The van der Waals surface area contributed by atoms with Crippen LogP contribution in [0.2, 0.25) is 0 Å². The summed E-state index contributed by atoms with van der Waals surface area (Å²) in [4.78, 5) is 7.51. The van der Waals surface area contributed by atoms with Crippen molar-refractivity contribution in [3.8, 4) is 0 Å². The van der Waals surface area contributed by atoms with Crippen molar-refractivity contribution in [2.75, 3.05) is 0 Å². The quantitative estimate of drug-likeness (QED) is 0.0889. The maximum atomic E-state index is 3.76. The van der Waals surface area contributed by atoms with Crippen LogP contribution in [0.1, 0.15) is 415 Å². The fraction of sp³-hybridized carbons (Fsp3) is 0.961. The number of fused-ring (bicyclic) bond motifs is 6. The molecule has 592 valence electrons. The van der Waals surface area contributed by atoms with Gasteiger partial charge >= 0.3 is 0 Å². The number of rotatable bonds is 24. The van der Waals surface area contributed by atoms with Crippen LogP contribution in [-0.4, -0.2) is 46.1 Å². The van der Waals surface area contributed by atoms with Crippen LogP contribution in [0.3, 0.4) is 0 Å². The Kier molecular flexibility index (Phi) is 28.4. The maximum Gasteiger partial charge on any atom is 0.0163 e. The van der Waals surface area contributed by atoms with E-state index in [9.17, 15) is 0 Å². The minimum atomic E-state index is 0.831. The van der Waals surface area contributed by atoms with E-state index in [0.29, 0.717) is 0 Å². The van der Waals surface area contributed by atoms with Gasteiger partial charge in [0.15, 0.2) is 0 Å². The zero-order valence-electron chi connectivity index (χ0n) is 70.4. The molecule has 16 atom stereocenters. The molecule has 0 spiro atoms. The summed E-state index contributed by atoms with van der Waals surface area (Å²) < 4.78 is 0. The van der Waals surface area contributed by atoms with Crippen molar-refractivity contribution in [1.29, 1.82) is 0 Å². The van der Waals surface area contributed by atoms with Crippen molar-refractivity contribution >= 4 is 0 Å². The van der Waals surface area contributed by atoms with E-state index in [2.05, 4.69) is 89.5 Å². The van der Waals surface area contributed by atoms with Crippen molar-refractivity contribution in [3.63, 3.8) is 0 Å². The average molecular weight is 1430 g/mol. The molecule has 0 bridgehead atoms. The first kappa shape index (κ1) is 78.7. The minimum Gasteiger partial charge on any atom is -0.293 e. The largest absolute Gasteiger partial charge is 0.293 e. The van der Waals surface area contributed by atoms with E-state index in [0.717, 1.165) is 202 Å². The molecule has 15 rings (SSSR count). The molecule has 15 aliphatic carbocycles. The van der Waals surface area contributed by atoms with Crippen LogP contribution in [0.25, 0.3) is 0 Å². The molecule has 2 nitrogen and oxygen atoms in total. The van der Waals surface area contributed by atoms with Crippen LogP contribution < -0.4 is 0 Å². The number of nitrogens with zero attached hydrogens (tertiary/aromatic N) is 2. The molecule has 15 aliphatic rings. The Balaban J connectivity index is 0.771. The van der Waals surface area contributed by atoms with E-state index in [4.69, 9.17) is 0 Å². The molecule has 0 radical (unpaired) electrons. The smallest absolute Gasteiger partial charge is 0.0163 e. The van der Waals surface area contributed by atoms with Gasteiger partial charge in [-0.25, -0.2) is 0 Å². The van der Waals surface area contributed by atoms with Gasteiger partial charge in [0.1, 0.15) is 0 Å². The second-order valence-corrected chi connectivity index (χ2v) is 43.5. The lowest BCUT2D eigenvalue weighted by Gasteiger charge is -2.69. The second-order valence-electron chi connectivity index (χ2n) is 43.5. The first-order valence-electron chi connectivity index (χ1n) is 50.0. The van der Waals surface area contributed by atoms with Crippen LogP contribution in [0.15, 0.2) is 24.3 Å². The molecule has 0 aromatic carbocycles. The lowest BCUT2D eigenvalue weighted by molar-refractivity contribution is -0.205. The molecular weight excluding hydrogens is 1250 g/mol. The molecular formula is C102H174N2. The van der Waals surface area contributed by atoms with Gasteiger partial charge in [-0.15, -0.1) is 0 Å². The SMILES string of the molecule is CCCCC1CC(C)CC(CCCC)C1N(C1CCC(/C=C/C2CCC(C)CC2)CC1)C1C2CCCCC2C(C2C3CCCCC3C(C3C4CCCCC4C(N(C4CCC(/C=C/C5CCC(C)CC5)CC4)C4C(CCCC)CC(C)CC4CCCC)C4CCCCC43)C3CCCCC32)C2CCCCC21. The van der Waals surface area contributed by atoms with Gasteiger partial charge < -0.3 is 0 Å². The highest BCUT2D eigenvalue weighted by Gasteiger charge is 2.66. The van der Waals surface area contributed by atoms with Gasteiger partial charge in [0.05, 0.1) is 0 Å². The van der Waals surface area contributed by atoms with Crippen molar-refractivity contribution in [3.05, 3.63) is 24.3 Å². The summed E-state index contributed by atoms with van der Waals surface area (Å²) in [5.41, 5.74) is 0. The van der Waals surface area contributed by atoms with E-state index in [-0.39, 0.29) is 0 Å². The summed E-state index contributed by atoms with van der Waals surface area (Å²) in [6, 6.07) is 5.11. The molecule has 0 saturated heterocycles. The van der Waals surface area contributed by atoms with Gasteiger partial charge in [0.2, 0.25) is 0 Å². The van der Waals surface area contributed by atoms with Gasteiger partial charge in [0.25, 0.3) is 0 Å². The van der Waals surface area contributed by atoms with Gasteiger partial charge in [-0.05, 0) is 371 Å². The number of unbranched alkanes of at least 4 members (excludes halogenated alkanes) is 4. The summed E-state index contributed by atoms with van der Waals surface area (Å²) in [5.74, 6) is 27.1. The van der Waals surface area contributed by atoms with Crippen LogP contribution in [-0.2, 0) is 0 Å². The third kappa shape index (κ3) is 17.3. The van der Waals surface area contributed by atoms with Crippen molar-refractivity contribution in [2.24, 2.45) is 166 Å². The Hall–Kier alpha value is -0.600. The Labute approximate surface area is 647 Å². The molecule has 104 heavy (non-hydrogen) atoms. The van der Waals surface area contributed by atoms with E-state index in [1.54, 1.807) is 154 Å². The fourth-order valence-corrected chi connectivity index (χ4v) is 33.4. The highest BCUT2D eigenvalue weighted by Crippen LogP contribution is 2.71. The zero-order valence-corrected chi connectivity index (χ0v) is 70.4. The standard InChI is InChI=1S/C102H174N2/c1-9-13-29-77-65-71(7)66-78(30-14-10-2)99(77)103(81-61-57-75(58-62-81)55-53-73-49-45-69(5)46-50-73)101-91-41-25-21-37-87(91)97(88-38-22-26-42-92(88)101)95-83-33-17-19-35-85(83)96(86-36-20-18-34-84(86)95)98-89-39-23-27-43-93(89)102(94-44-28-24-40-90(94)98)104(100-79(31-15-11-3)67-72(8)68-80(100)32-16-12-4)82-63-59-76(60-64-82)56-54-74-51-47-70(6)48-52-74/h53-56,69-102H,9-52,57-68H2,1-8H3/b55-53+,56-54+. The lowest BCUT2D eigenvalue weighted by atomic mass is 9.38. The Morgan fingerprint density at radius 1 is 0.221 bits per heavy atom. The minimum absolute atomic E-state index is 0.831. The molecule has 0 aromatic rings. The molecule has 16 unspecified atom stereocenters. The summed E-state index contributed by atoms with van der Waals surface area (Å²) in [6.07, 6.45) is 97.0. The average Bonchev–Trinajstić information content (AvgIpc) is 0.703. The van der Waals surface area contributed by atoms with Crippen LogP contribution in [0, 0.1) is 166 Å². The lowest BCUT2D eigenvalue weighted by Crippen LogP contribution is -2.68. The highest BCUT2D eigenvalue weighted by molar-refractivity contribution is 5.17. The van der Waals surface area contributed by atoms with Gasteiger partial charge in [0, 0.05) is 36.3 Å². The van der Waals surface area contributed by atoms with Crippen molar-refractivity contribution < 1.29 is 0 Å². The molecule has 15 saturated carbocycles. The van der Waals surface area contributed by atoms with Gasteiger partial charge in [-0.1, -0.05) is 234 Å². The summed E-state index contributed by atoms with van der Waals surface area (Å²) in [5, 5.41) is 0. The van der Waals surface area contributed by atoms with E-state index < -0.39 is 0 Å². The maximum absolute atomic E-state index is 3.76. The summed E-state index contributed by atoms with van der Waals surface area (Å²) in [7, 11) is 0. The first-order valence-corrected chi connectivity index (χ1v) is 50.0. The topological polar surface area (TPSA) is 6.48 Å². The molecule has 15 fully saturated rings. The predicted octanol–water partition coefficient (Wildman–Crippen LogP) is 29.4. The Morgan fingerprint density at radius 2 is 0.423 bits per heavy atom. The van der Waals surface area contributed by atoms with Gasteiger partial charge in [-0.3, -0.25) is 9.80 Å². The normalized spacial score (nSPS) is 48.2. The van der Waals surface area contributed by atoms with Gasteiger partial charge in [-0.2, -0.15) is 0 Å². The predicted molar refractivity (Wildman–Crippen MR) is 446 cm³/mol. The van der Waals surface area contributed by atoms with E-state index >= 15 is 0 Å². The number of hydrogen-bond acceptors (Lipinski definition) is 2. The third-order valence-electron chi connectivity index (χ3n) is 37.4. The monoisotopic (exact) mass is 1430 g/mol. The molecule has 2 heteroatoms. The summed E-state index contributed by atoms with van der Waals surface area (Å²) in [6.45, 7) is 20.7. The molecule has 0 aliphatic heterocycles. The Morgan fingerprint density at radius 3 is 0.644 bits per heavy atom. The van der Waals surface area contributed by atoms with Crippen molar-refractivity contribution in [2.45, 2.75) is 451 Å². The van der Waals surface area contributed by atoms with Crippen LogP contribution >= 0.6 is 0 Å². The van der Waals surface area contributed by atoms with E-state index in [1.165, 1.54) is 205 Å². The number of hydrogen-bond donors (Lipinski definition) is 0. The molecule has 0 heterocycles. The second kappa shape index (κ2) is 37.6. The van der Waals surface area contributed by atoms with Crippen molar-refractivity contribution in [1.82, 2.24) is 9.80 Å². The fourth-order valence-electron chi connectivity index (χ4n) is 33.4. The zero-order chi connectivity index (χ0) is 71.2. The molecule has 0 aromatic heterocycles. The molecule has 0 amide bonds. The summed E-state index contributed by atoms with van der Waals surface area (Å²) >= 11 is 0. The first-order chi connectivity index (χ1) is 51.1. The Bertz CT molecular complexity index is 2280. The third-order valence-corrected chi connectivity index (χ3v) is 37.4. The highest BCUT2D eigenvalue weighted by atomic mass is 15.3. The van der Waals surface area contributed by atoms with Crippen LogP contribution in [0.5, 0.6) is 0 Å².